The molecule has 3 aromatic rings. The Hall–Kier alpha value is -3.08. The van der Waals surface area contributed by atoms with Crippen molar-refractivity contribution in [1.82, 2.24) is 9.78 Å². The Labute approximate surface area is 165 Å². The predicted octanol–water partition coefficient (Wildman–Crippen LogP) is 5.67. The highest BCUT2D eigenvalue weighted by Crippen LogP contribution is 2.35. The van der Waals surface area contributed by atoms with E-state index >= 15 is 0 Å². The molecule has 0 bridgehead atoms. The third-order valence-corrected chi connectivity index (χ3v) is 5.52. The molecule has 2 N–H and O–H groups in total. The first-order chi connectivity index (χ1) is 13.6. The smallest absolute Gasteiger partial charge is 0.337 e. The fourth-order valence-corrected chi connectivity index (χ4v) is 3.99. The molecule has 0 amide bonds. The van der Waals surface area contributed by atoms with Gasteiger partial charge in [0.25, 0.3) is 0 Å². The first-order valence-corrected chi connectivity index (χ1v) is 9.89. The highest BCUT2D eigenvalue weighted by molar-refractivity contribution is 5.95. The Morgan fingerprint density at radius 2 is 1.79 bits per heavy atom. The summed E-state index contributed by atoms with van der Waals surface area (Å²) in [5.41, 5.74) is 4.02. The van der Waals surface area contributed by atoms with Crippen molar-refractivity contribution in [2.75, 3.05) is 5.32 Å². The largest absolute Gasteiger partial charge is 0.478 e. The molecule has 0 saturated heterocycles. The van der Waals surface area contributed by atoms with Gasteiger partial charge in [-0.15, -0.1) is 0 Å². The minimum absolute atomic E-state index is 0.249. The van der Waals surface area contributed by atoms with E-state index in [4.69, 9.17) is 5.10 Å². The number of para-hydroxylation sites is 2. The van der Waals surface area contributed by atoms with Crippen molar-refractivity contribution in [1.29, 1.82) is 0 Å². The van der Waals surface area contributed by atoms with Crippen molar-refractivity contribution in [3.8, 4) is 5.69 Å². The number of carboxylic acids is 1. The Kier molecular flexibility index (Phi) is 5.15. The van der Waals surface area contributed by atoms with Gasteiger partial charge in [0.15, 0.2) is 0 Å². The number of hydrogen-bond acceptors (Lipinski definition) is 3. The number of aryl methyl sites for hydroxylation is 1. The number of rotatable bonds is 5. The summed E-state index contributed by atoms with van der Waals surface area (Å²) in [5.74, 6) is 0.315. The third kappa shape index (κ3) is 3.65. The Morgan fingerprint density at radius 3 is 2.54 bits per heavy atom. The molecule has 28 heavy (non-hydrogen) atoms. The molecule has 5 nitrogen and oxygen atoms in total. The quantitative estimate of drug-likeness (QED) is 0.603. The number of nitrogens with zero attached hydrogens (tertiary/aromatic N) is 2. The first kappa shape index (κ1) is 18.3. The highest BCUT2D eigenvalue weighted by Gasteiger charge is 2.22. The second-order valence-corrected chi connectivity index (χ2v) is 7.46. The molecular weight excluding hydrogens is 350 g/mol. The number of carboxylic acid groups (broad SMARTS) is 1. The van der Waals surface area contributed by atoms with E-state index in [1.165, 1.54) is 19.3 Å². The van der Waals surface area contributed by atoms with Gasteiger partial charge < -0.3 is 10.4 Å². The molecule has 1 heterocycles. The van der Waals surface area contributed by atoms with Gasteiger partial charge in [0.1, 0.15) is 5.82 Å². The van der Waals surface area contributed by atoms with Gasteiger partial charge in [0.2, 0.25) is 0 Å². The molecule has 4 rings (SSSR count). The Morgan fingerprint density at radius 1 is 1.07 bits per heavy atom. The van der Waals surface area contributed by atoms with Crippen LogP contribution in [0.1, 0.15) is 59.6 Å². The third-order valence-electron chi connectivity index (χ3n) is 5.52. The monoisotopic (exact) mass is 375 g/mol. The van der Waals surface area contributed by atoms with Crippen LogP contribution in [0, 0.1) is 6.92 Å². The summed E-state index contributed by atoms with van der Waals surface area (Å²) in [7, 11) is 0. The molecule has 1 aromatic heterocycles. The molecule has 0 atom stereocenters. The summed E-state index contributed by atoms with van der Waals surface area (Å²) < 4.78 is 1.91. The lowest BCUT2D eigenvalue weighted by molar-refractivity contribution is 0.0698. The molecule has 0 unspecified atom stereocenters. The zero-order valence-corrected chi connectivity index (χ0v) is 16.1. The molecule has 0 radical (unpaired) electrons. The van der Waals surface area contributed by atoms with Crippen LogP contribution in [0.5, 0.6) is 0 Å². The molecule has 1 aliphatic rings. The molecular formula is C23H25N3O2. The molecule has 2 aromatic carbocycles. The molecule has 5 heteroatoms. The summed E-state index contributed by atoms with van der Waals surface area (Å²) in [6, 6.07) is 17.2. The van der Waals surface area contributed by atoms with E-state index in [-0.39, 0.29) is 5.56 Å². The van der Waals surface area contributed by atoms with E-state index in [2.05, 4.69) is 24.4 Å². The summed E-state index contributed by atoms with van der Waals surface area (Å²) in [5, 5.41) is 17.8. The van der Waals surface area contributed by atoms with Gasteiger partial charge in [-0.05, 0) is 43.5 Å². The van der Waals surface area contributed by atoms with E-state index < -0.39 is 5.97 Å². The zero-order valence-electron chi connectivity index (χ0n) is 16.1. The second-order valence-electron chi connectivity index (χ2n) is 7.46. The Bertz CT molecular complexity index is 987. The minimum atomic E-state index is -0.947. The number of aromatic carboxylic acids is 1. The van der Waals surface area contributed by atoms with E-state index in [1.807, 2.05) is 28.9 Å². The number of nitrogens with one attached hydrogen (secondary N) is 1. The predicted molar refractivity (Wildman–Crippen MR) is 111 cm³/mol. The molecule has 1 saturated carbocycles. The van der Waals surface area contributed by atoms with Crippen molar-refractivity contribution >= 4 is 17.5 Å². The van der Waals surface area contributed by atoms with Gasteiger partial charge in [-0.2, -0.15) is 5.10 Å². The number of benzene rings is 2. The van der Waals surface area contributed by atoms with Crippen LogP contribution in [0.25, 0.3) is 5.69 Å². The van der Waals surface area contributed by atoms with Gasteiger partial charge in [-0.3, -0.25) is 0 Å². The van der Waals surface area contributed by atoms with Crippen LogP contribution >= 0.6 is 0 Å². The zero-order chi connectivity index (χ0) is 19.5. The lowest BCUT2D eigenvalue weighted by Gasteiger charge is -2.19. The Balaban J connectivity index is 1.78. The van der Waals surface area contributed by atoms with Crippen LogP contribution in [0.3, 0.4) is 0 Å². The van der Waals surface area contributed by atoms with Crippen LogP contribution in [0.15, 0.2) is 54.6 Å². The number of hydrogen-bond donors (Lipinski definition) is 2. The number of anilines is 2. The number of aromatic nitrogens is 2. The molecule has 1 aliphatic carbocycles. The van der Waals surface area contributed by atoms with Crippen LogP contribution in [-0.4, -0.2) is 20.9 Å². The van der Waals surface area contributed by atoms with Gasteiger partial charge in [0.05, 0.1) is 22.6 Å². The molecule has 144 valence electrons. The summed E-state index contributed by atoms with van der Waals surface area (Å²) in [6.45, 7) is 2.06. The lowest BCUT2D eigenvalue weighted by atomic mass is 9.87. The maximum Gasteiger partial charge on any atom is 0.337 e. The second kappa shape index (κ2) is 7.89. The maximum absolute atomic E-state index is 11.6. The van der Waals surface area contributed by atoms with Crippen molar-refractivity contribution in [2.45, 2.75) is 44.9 Å². The maximum atomic E-state index is 11.6. The fourth-order valence-electron chi connectivity index (χ4n) is 3.99. The van der Waals surface area contributed by atoms with Crippen LogP contribution in [0.2, 0.25) is 0 Å². The normalized spacial score (nSPS) is 14.8. The number of carbonyl (C=O) groups is 1. The van der Waals surface area contributed by atoms with Crippen LogP contribution in [0.4, 0.5) is 11.5 Å². The average molecular weight is 375 g/mol. The van der Waals surface area contributed by atoms with Crippen molar-refractivity contribution in [2.24, 2.45) is 0 Å². The SMILES string of the molecule is Cc1ccccc1-n1nc(C2CCCCC2)cc1Nc1ccccc1C(=O)O. The van der Waals surface area contributed by atoms with Gasteiger partial charge in [0, 0.05) is 12.0 Å². The molecule has 1 fully saturated rings. The molecule has 0 spiro atoms. The van der Waals surface area contributed by atoms with Crippen LogP contribution < -0.4 is 5.32 Å². The van der Waals surface area contributed by atoms with E-state index in [0.717, 1.165) is 35.6 Å². The van der Waals surface area contributed by atoms with Crippen molar-refractivity contribution < 1.29 is 9.90 Å². The van der Waals surface area contributed by atoms with Crippen LogP contribution in [-0.2, 0) is 0 Å². The van der Waals surface area contributed by atoms with Gasteiger partial charge >= 0.3 is 5.97 Å². The summed E-state index contributed by atoms with van der Waals surface area (Å²) >= 11 is 0. The fraction of sp³-hybridized carbons (Fsp3) is 0.304. The van der Waals surface area contributed by atoms with Crippen molar-refractivity contribution in [3.05, 3.63) is 71.4 Å². The summed E-state index contributed by atoms with van der Waals surface area (Å²) in [6.07, 6.45) is 6.11. The minimum Gasteiger partial charge on any atom is -0.478 e. The topological polar surface area (TPSA) is 67.2 Å². The highest BCUT2D eigenvalue weighted by atomic mass is 16.4. The van der Waals surface area contributed by atoms with Crippen molar-refractivity contribution in [3.63, 3.8) is 0 Å². The van der Waals surface area contributed by atoms with E-state index in [0.29, 0.717) is 11.6 Å². The van der Waals surface area contributed by atoms with E-state index in [9.17, 15) is 9.90 Å². The van der Waals surface area contributed by atoms with E-state index in [1.54, 1.807) is 18.2 Å². The lowest BCUT2D eigenvalue weighted by Crippen LogP contribution is -2.08. The van der Waals surface area contributed by atoms with Gasteiger partial charge in [-0.1, -0.05) is 49.6 Å². The standard InChI is InChI=1S/C23H25N3O2/c1-16-9-5-8-14-21(16)26-22(15-20(25-26)17-10-3-2-4-11-17)24-19-13-7-6-12-18(19)23(27)28/h5-9,12-15,17,24H,2-4,10-11H2,1H3,(H,27,28). The van der Waals surface area contributed by atoms with Gasteiger partial charge in [-0.25, -0.2) is 9.48 Å². The average Bonchev–Trinajstić information content (AvgIpc) is 3.13. The first-order valence-electron chi connectivity index (χ1n) is 9.89. The molecule has 0 aliphatic heterocycles. The summed E-state index contributed by atoms with van der Waals surface area (Å²) in [4.78, 5) is 11.6.